The highest BCUT2D eigenvalue weighted by Gasteiger charge is 2.53. The lowest BCUT2D eigenvalue weighted by atomic mass is 9.87. The van der Waals surface area contributed by atoms with Gasteiger partial charge in [-0.1, -0.05) is 48.0 Å². The number of anilines is 3. The number of carbonyl (C=O) groups excluding carboxylic acids is 3. The molecule has 4 rings (SSSR count). The number of carboxylic acid groups (broad SMARTS) is 1. The molecule has 11 heteroatoms. The van der Waals surface area contributed by atoms with Crippen LogP contribution in [0.25, 0.3) is 0 Å². The summed E-state index contributed by atoms with van der Waals surface area (Å²) in [5.41, 5.74) is 1.76. The number of benzene rings is 3. The second-order valence-electron chi connectivity index (χ2n) is 10.1. The average molecular weight is 589 g/mol. The number of fused-ring (bicyclic) bond motifs is 1. The third-order valence-corrected chi connectivity index (χ3v) is 6.96. The Hall–Kier alpha value is -4.74. The van der Waals surface area contributed by atoms with Crippen molar-refractivity contribution in [1.82, 2.24) is 5.32 Å². The van der Waals surface area contributed by atoms with E-state index in [9.17, 15) is 19.2 Å². The topological polar surface area (TPSA) is 146 Å². The number of aryl methyl sites for hydroxylation is 1. The van der Waals surface area contributed by atoms with E-state index in [-0.39, 0.29) is 13.0 Å². The lowest BCUT2D eigenvalue weighted by Gasteiger charge is -2.30. The fraction of sp³-hybridized carbons (Fsp3) is 0.312. The quantitative estimate of drug-likeness (QED) is 0.216. The molecule has 0 saturated heterocycles. The van der Waals surface area contributed by atoms with Crippen LogP contribution >= 0.6 is 0 Å². The lowest BCUT2D eigenvalue weighted by Crippen LogP contribution is -2.56. The molecule has 0 unspecified atom stereocenters. The van der Waals surface area contributed by atoms with Crippen molar-refractivity contribution in [3.63, 3.8) is 0 Å². The van der Waals surface area contributed by atoms with Gasteiger partial charge in [0, 0.05) is 30.2 Å². The zero-order valence-electron chi connectivity index (χ0n) is 24.4. The van der Waals surface area contributed by atoms with Crippen LogP contribution in [0, 0.1) is 6.92 Å². The number of hydrogen-bond donors (Lipinski definition) is 4. The molecule has 43 heavy (non-hydrogen) atoms. The van der Waals surface area contributed by atoms with Gasteiger partial charge in [-0.3, -0.25) is 14.4 Å². The van der Waals surface area contributed by atoms with E-state index in [0.717, 1.165) is 5.56 Å². The number of ether oxygens (including phenoxy) is 2. The maximum atomic E-state index is 14.3. The molecule has 1 heterocycles. The van der Waals surface area contributed by atoms with Crippen LogP contribution in [-0.2, 0) is 35.8 Å². The number of nitrogens with zero attached hydrogens (tertiary/aromatic N) is 1. The van der Waals surface area contributed by atoms with Crippen LogP contribution in [-0.4, -0.2) is 55.0 Å². The standard InChI is InChI=1S/C32H36N4O7/c1-4-42-29(43-5-2)20-36-26-9-7-6-8-25(26)32(30(36)40,35-31(41)34-24-14-10-21(3)11-15-24)19-27(37)33-23-16-12-22(13-17-23)18-28(38)39/h6-17,29H,4-5,18-20H2,1-3H3,(H,33,37)(H,38,39)(H2,34,35,41)/t32-/m0/s1. The van der Waals surface area contributed by atoms with Crippen molar-refractivity contribution in [1.29, 1.82) is 0 Å². The number of hydrogen-bond acceptors (Lipinski definition) is 6. The van der Waals surface area contributed by atoms with Crippen LogP contribution in [0.4, 0.5) is 21.9 Å². The summed E-state index contributed by atoms with van der Waals surface area (Å²) in [6.07, 6.45) is -1.28. The van der Waals surface area contributed by atoms with E-state index < -0.39 is 42.1 Å². The monoisotopic (exact) mass is 588 g/mol. The van der Waals surface area contributed by atoms with Crippen LogP contribution in [0.1, 0.15) is 37.0 Å². The van der Waals surface area contributed by atoms with Crippen LogP contribution in [0.15, 0.2) is 72.8 Å². The minimum atomic E-state index is -1.75. The van der Waals surface area contributed by atoms with E-state index in [2.05, 4.69) is 16.0 Å². The van der Waals surface area contributed by atoms with Gasteiger partial charge in [-0.2, -0.15) is 0 Å². The molecule has 0 aliphatic carbocycles. The number of rotatable bonds is 13. The minimum Gasteiger partial charge on any atom is -0.481 e. The highest BCUT2D eigenvalue weighted by atomic mass is 16.7. The predicted octanol–water partition coefficient (Wildman–Crippen LogP) is 4.41. The van der Waals surface area contributed by atoms with E-state index in [1.165, 1.54) is 4.90 Å². The molecule has 0 radical (unpaired) electrons. The summed E-state index contributed by atoms with van der Waals surface area (Å²) in [6.45, 7) is 6.36. The number of para-hydroxylation sites is 1. The molecule has 1 aliphatic rings. The first-order chi connectivity index (χ1) is 20.6. The summed E-state index contributed by atoms with van der Waals surface area (Å²) in [7, 11) is 0. The van der Waals surface area contributed by atoms with Crippen LogP contribution in [0.3, 0.4) is 0 Å². The molecule has 1 aliphatic heterocycles. The molecule has 0 bridgehead atoms. The molecule has 3 aromatic carbocycles. The molecule has 0 saturated carbocycles. The number of nitrogens with one attached hydrogen (secondary N) is 3. The van der Waals surface area contributed by atoms with E-state index >= 15 is 0 Å². The highest BCUT2D eigenvalue weighted by molar-refractivity contribution is 6.12. The van der Waals surface area contributed by atoms with Gasteiger partial charge in [0.15, 0.2) is 11.8 Å². The molecule has 11 nitrogen and oxygen atoms in total. The molecule has 0 fully saturated rings. The van der Waals surface area contributed by atoms with Crippen molar-refractivity contribution in [2.45, 2.75) is 45.4 Å². The van der Waals surface area contributed by atoms with Crippen molar-refractivity contribution < 1.29 is 33.8 Å². The van der Waals surface area contributed by atoms with Crippen LogP contribution in [0.5, 0.6) is 0 Å². The number of carbonyl (C=O) groups is 4. The maximum Gasteiger partial charge on any atom is 0.320 e. The fourth-order valence-corrected chi connectivity index (χ4v) is 5.04. The second-order valence-corrected chi connectivity index (χ2v) is 10.1. The number of aliphatic carboxylic acids is 1. The van der Waals surface area contributed by atoms with Gasteiger partial charge in [0.2, 0.25) is 5.91 Å². The molecular formula is C32H36N4O7. The third-order valence-electron chi connectivity index (χ3n) is 6.96. The Labute approximate surface area is 250 Å². The maximum absolute atomic E-state index is 14.3. The number of urea groups is 1. The first-order valence-corrected chi connectivity index (χ1v) is 14.1. The molecule has 226 valence electrons. The lowest BCUT2D eigenvalue weighted by molar-refractivity contribution is -0.138. The van der Waals surface area contributed by atoms with E-state index in [4.69, 9.17) is 14.6 Å². The fourth-order valence-electron chi connectivity index (χ4n) is 5.04. The largest absolute Gasteiger partial charge is 0.481 e. The van der Waals surface area contributed by atoms with Gasteiger partial charge in [-0.25, -0.2) is 4.79 Å². The van der Waals surface area contributed by atoms with Gasteiger partial charge in [0.05, 0.1) is 25.1 Å². The Bertz CT molecular complexity index is 1450. The SMILES string of the molecule is CCOC(CN1C(=O)[C@@](CC(=O)Nc2ccc(CC(=O)O)cc2)(NC(=O)Nc2ccc(C)cc2)c2ccccc21)OCC. The van der Waals surface area contributed by atoms with Gasteiger partial charge in [0.1, 0.15) is 0 Å². The summed E-state index contributed by atoms with van der Waals surface area (Å²) in [6, 6.07) is 19.9. The van der Waals surface area contributed by atoms with Gasteiger partial charge >= 0.3 is 12.0 Å². The predicted molar refractivity (Wildman–Crippen MR) is 162 cm³/mol. The van der Waals surface area contributed by atoms with Crippen molar-refractivity contribution in [2.24, 2.45) is 0 Å². The smallest absolute Gasteiger partial charge is 0.320 e. The van der Waals surface area contributed by atoms with Crippen molar-refractivity contribution in [3.05, 3.63) is 89.5 Å². The number of amides is 4. The van der Waals surface area contributed by atoms with Crippen molar-refractivity contribution in [2.75, 3.05) is 35.3 Å². The molecule has 1 atom stereocenters. The first-order valence-electron chi connectivity index (χ1n) is 14.1. The highest BCUT2D eigenvalue weighted by Crippen LogP contribution is 2.43. The molecular weight excluding hydrogens is 552 g/mol. The Balaban J connectivity index is 1.66. The zero-order valence-corrected chi connectivity index (χ0v) is 24.4. The molecule has 0 spiro atoms. The Morgan fingerprint density at radius 3 is 2.12 bits per heavy atom. The molecule has 4 N–H and O–H groups in total. The summed E-state index contributed by atoms with van der Waals surface area (Å²) in [5, 5.41) is 17.4. The first kappa shape index (κ1) is 31.2. The Morgan fingerprint density at radius 1 is 0.884 bits per heavy atom. The van der Waals surface area contributed by atoms with E-state index in [0.29, 0.717) is 41.4 Å². The normalized spacial score (nSPS) is 15.7. The van der Waals surface area contributed by atoms with Crippen LogP contribution in [0.2, 0.25) is 0 Å². The van der Waals surface area contributed by atoms with Crippen molar-refractivity contribution in [3.8, 4) is 0 Å². The third kappa shape index (κ3) is 7.56. The molecule has 3 aromatic rings. The van der Waals surface area contributed by atoms with E-state index in [1.54, 1.807) is 60.7 Å². The number of carboxylic acids is 1. The van der Waals surface area contributed by atoms with Crippen molar-refractivity contribution >= 4 is 40.9 Å². The van der Waals surface area contributed by atoms with Gasteiger partial charge < -0.3 is 35.4 Å². The van der Waals surface area contributed by atoms with E-state index in [1.807, 2.05) is 32.9 Å². The molecule has 4 amide bonds. The summed E-state index contributed by atoms with van der Waals surface area (Å²) in [4.78, 5) is 53.7. The summed E-state index contributed by atoms with van der Waals surface area (Å²) >= 11 is 0. The van der Waals surface area contributed by atoms with Crippen LogP contribution < -0.4 is 20.9 Å². The summed E-state index contributed by atoms with van der Waals surface area (Å²) < 4.78 is 11.4. The van der Waals surface area contributed by atoms with Gasteiger partial charge in [-0.15, -0.1) is 0 Å². The Kier molecular flexibility index (Phi) is 10.1. The zero-order chi connectivity index (χ0) is 31.0. The Morgan fingerprint density at radius 2 is 1.49 bits per heavy atom. The van der Waals surface area contributed by atoms with Gasteiger partial charge in [0.25, 0.3) is 5.91 Å². The summed E-state index contributed by atoms with van der Waals surface area (Å²) in [5.74, 6) is -2.01. The van der Waals surface area contributed by atoms with Gasteiger partial charge in [-0.05, 0) is 56.7 Å². The average Bonchev–Trinajstić information content (AvgIpc) is 3.18. The second kappa shape index (κ2) is 14.0. The minimum absolute atomic E-state index is 0.0488. The molecule has 0 aromatic heterocycles.